The topological polar surface area (TPSA) is 70.6 Å². The Balaban J connectivity index is 1.81. The summed E-state index contributed by atoms with van der Waals surface area (Å²) < 4.78 is 5.32. The van der Waals surface area contributed by atoms with Gasteiger partial charge in [0.1, 0.15) is 0 Å². The largest absolute Gasteiger partial charge is 0.378 e. The number of aromatic nitrogens is 2. The summed E-state index contributed by atoms with van der Waals surface area (Å²) in [6.45, 7) is 9.40. The zero-order chi connectivity index (χ0) is 16.2. The highest BCUT2D eigenvalue weighted by atomic mass is 16.5. The van der Waals surface area contributed by atoms with E-state index in [0.717, 1.165) is 19.6 Å². The van der Waals surface area contributed by atoms with Gasteiger partial charge in [0.2, 0.25) is 0 Å². The van der Waals surface area contributed by atoms with E-state index in [1.165, 1.54) is 0 Å². The smallest absolute Gasteiger partial charge is 0.276 e. The molecule has 0 saturated carbocycles. The average Bonchev–Trinajstić information content (AvgIpc) is 2.62. The molecule has 0 spiro atoms. The molecule has 0 aliphatic carbocycles. The summed E-state index contributed by atoms with van der Waals surface area (Å²) in [5.41, 5.74) is 0.457. The Hall–Kier alpha value is -1.73. The van der Waals surface area contributed by atoms with Crippen molar-refractivity contribution in [3.63, 3.8) is 0 Å². The number of piperazine rings is 1. The third kappa shape index (κ3) is 3.61. The molecule has 1 aromatic rings. The molecular weight excluding hydrogens is 294 g/mol. The number of rotatable bonds is 3. The average molecular weight is 319 g/mol. The number of morpholine rings is 1. The number of anilines is 1. The van der Waals surface area contributed by atoms with Gasteiger partial charge in [0.15, 0.2) is 11.5 Å². The summed E-state index contributed by atoms with van der Waals surface area (Å²) >= 11 is 0. The van der Waals surface area contributed by atoms with E-state index in [-0.39, 0.29) is 5.91 Å². The molecule has 23 heavy (non-hydrogen) atoms. The van der Waals surface area contributed by atoms with Crippen molar-refractivity contribution in [3.05, 3.63) is 18.1 Å². The first-order valence-corrected chi connectivity index (χ1v) is 8.33. The molecule has 7 heteroatoms. The van der Waals surface area contributed by atoms with Crippen molar-refractivity contribution in [1.29, 1.82) is 0 Å². The molecule has 0 bridgehead atoms. The molecule has 0 aromatic carbocycles. The lowest BCUT2D eigenvalue weighted by Crippen LogP contribution is -2.53. The molecule has 0 radical (unpaired) electrons. The van der Waals surface area contributed by atoms with Crippen LogP contribution in [-0.2, 0) is 4.74 Å². The summed E-state index contributed by atoms with van der Waals surface area (Å²) in [5.74, 6) is 1.19. The molecule has 3 heterocycles. The van der Waals surface area contributed by atoms with E-state index in [4.69, 9.17) is 4.74 Å². The fourth-order valence-corrected chi connectivity index (χ4v) is 3.05. The highest BCUT2D eigenvalue weighted by molar-refractivity contribution is 5.97. The van der Waals surface area contributed by atoms with Gasteiger partial charge < -0.3 is 19.9 Å². The SMILES string of the molecule is CC(C)C1CN(c2nccnc2C(=O)N2CCOCC2)CCN1. The van der Waals surface area contributed by atoms with Gasteiger partial charge in [-0.05, 0) is 5.92 Å². The van der Waals surface area contributed by atoms with E-state index >= 15 is 0 Å². The minimum absolute atomic E-state index is 0.0453. The van der Waals surface area contributed by atoms with Gasteiger partial charge >= 0.3 is 0 Å². The molecular formula is C16H25N5O2. The Morgan fingerprint density at radius 2 is 2.00 bits per heavy atom. The first-order chi connectivity index (χ1) is 11.2. The monoisotopic (exact) mass is 319 g/mol. The zero-order valence-corrected chi connectivity index (χ0v) is 13.9. The minimum Gasteiger partial charge on any atom is -0.378 e. The number of carbonyl (C=O) groups excluding carboxylic acids is 1. The standard InChI is InChI=1S/C16H25N5O2/c1-12(2)13-11-21(6-5-17-13)15-14(18-3-4-19-15)16(22)20-7-9-23-10-8-20/h3-4,12-13,17H,5-11H2,1-2H3. The van der Waals surface area contributed by atoms with Gasteiger partial charge in [-0.25, -0.2) is 9.97 Å². The Kier molecular flexibility index (Phi) is 5.07. The summed E-state index contributed by atoms with van der Waals surface area (Å²) in [6, 6.07) is 0.400. The van der Waals surface area contributed by atoms with E-state index in [1.807, 2.05) is 0 Å². The molecule has 2 saturated heterocycles. The second-order valence-electron chi connectivity index (χ2n) is 6.38. The van der Waals surface area contributed by atoms with Crippen LogP contribution in [-0.4, -0.2) is 72.8 Å². The van der Waals surface area contributed by atoms with Gasteiger partial charge in [-0.15, -0.1) is 0 Å². The molecule has 2 aliphatic heterocycles. The predicted octanol–water partition coefficient (Wildman–Crippen LogP) is 0.383. The number of carbonyl (C=O) groups is 1. The van der Waals surface area contributed by atoms with E-state index in [1.54, 1.807) is 17.3 Å². The zero-order valence-electron chi connectivity index (χ0n) is 13.9. The first-order valence-electron chi connectivity index (χ1n) is 8.33. The molecule has 1 atom stereocenters. The van der Waals surface area contributed by atoms with Crippen LogP contribution in [0.25, 0.3) is 0 Å². The lowest BCUT2D eigenvalue weighted by Gasteiger charge is -2.37. The number of nitrogens with zero attached hydrogens (tertiary/aromatic N) is 4. The van der Waals surface area contributed by atoms with Crippen LogP contribution in [0.1, 0.15) is 24.3 Å². The summed E-state index contributed by atoms with van der Waals surface area (Å²) in [4.78, 5) is 25.6. The molecule has 7 nitrogen and oxygen atoms in total. The van der Waals surface area contributed by atoms with Crippen LogP contribution in [0.4, 0.5) is 5.82 Å². The Morgan fingerprint density at radius 1 is 1.26 bits per heavy atom. The van der Waals surface area contributed by atoms with Crippen molar-refractivity contribution >= 4 is 11.7 Å². The van der Waals surface area contributed by atoms with Crippen LogP contribution in [0.5, 0.6) is 0 Å². The third-order valence-corrected chi connectivity index (χ3v) is 4.49. The summed E-state index contributed by atoms with van der Waals surface area (Å²) in [7, 11) is 0. The second-order valence-corrected chi connectivity index (χ2v) is 6.38. The molecule has 1 aromatic heterocycles. The normalized spacial score (nSPS) is 22.5. The predicted molar refractivity (Wildman–Crippen MR) is 87.6 cm³/mol. The lowest BCUT2D eigenvalue weighted by atomic mass is 10.0. The molecule has 126 valence electrons. The van der Waals surface area contributed by atoms with Crippen LogP contribution in [0.3, 0.4) is 0 Å². The van der Waals surface area contributed by atoms with Gasteiger partial charge in [-0.1, -0.05) is 13.8 Å². The molecule has 3 rings (SSSR count). The van der Waals surface area contributed by atoms with Crippen molar-refractivity contribution in [2.75, 3.05) is 50.8 Å². The number of hydrogen-bond acceptors (Lipinski definition) is 6. The van der Waals surface area contributed by atoms with E-state index in [0.29, 0.717) is 49.8 Å². The van der Waals surface area contributed by atoms with Crippen molar-refractivity contribution in [1.82, 2.24) is 20.2 Å². The lowest BCUT2D eigenvalue weighted by molar-refractivity contribution is 0.0299. The van der Waals surface area contributed by atoms with E-state index in [2.05, 4.69) is 34.0 Å². The van der Waals surface area contributed by atoms with Gasteiger partial charge in [-0.2, -0.15) is 0 Å². The molecule has 1 unspecified atom stereocenters. The van der Waals surface area contributed by atoms with Gasteiger partial charge in [0.25, 0.3) is 5.91 Å². The maximum atomic E-state index is 12.8. The van der Waals surface area contributed by atoms with Crippen LogP contribution in [0.15, 0.2) is 12.4 Å². The minimum atomic E-state index is -0.0453. The molecule has 1 amide bonds. The highest BCUT2D eigenvalue weighted by Gasteiger charge is 2.29. The maximum absolute atomic E-state index is 12.8. The Labute approximate surface area is 137 Å². The van der Waals surface area contributed by atoms with Crippen LogP contribution >= 0.6 is 0 Å². The van der Waals surface area contributed by atoms with Crippen LogP contribution in [0.2, 0.25) is 0 Å². The van der Waals surface area contributed by atoms with Crippen molar-refractivity contribution in [3.8, 4) is 0 Å². The van der Waals surface area contributed by atoms with Crippen molar-refractivity contribution in [2.45, 2.75) is 19.9 Å². The second kappa shape index (κ2) is 7.23. The van der Waals surface area contributed by atoms with E-state index < -0.39 is 0 Å². The third-order valence-electron chi connectivity index (χ3n) is 4.49. The van der Waals surface area contributed by atoms with Crippen LogP contribution in [0, 0.1) is 5.92 Å². The van der Waals surface area contributed by atoms with E-state index in [9.17, 15) is 4.79 Å². The fraction of sp³-hybridized carbons (Fsp3) is 0.688. The maximum Gasteiger partial charge on any atom is 0.276 e. The van der Waals surface area contributed by atoms with Crippen LogP contribution < -0.4 is 10.2 Å². The van der Waals surface area contributed by atoms with Gasteiger partial charge in [-0.3, -0.25) is 4.79 Å². The van der Waals surface area contributed by atoms with Crippen molar-refractivity contribution < 1.29 is 9.53 Å². The summed E-state index contributed by atoms with van der Waals surface area (Å²) in [5, 5.41) is 3.53. The number of nitrogens with one attached hydrogen (secondary N) is 1. The molecule has 1 N–H and O–H groups in total. The Morgan fingerprint density at radius 3 is 2.74 bits per heavy atom. The number of ether oxygens (including phenoxy) is 1. The quantitative estimate of drug-likeness (QED) is 0.869. The Bertz CT molecular complexity index is 545. The number of amides is 1. The van der Waals surface area contributed by atoms with Gasteiger partial charge in [0, 0.05) is 51.2 Å². The first kappa shape index (κ1) is 16.1. The fourth-order valence-electron chi connectivity index (χ4n) is 3.05. The van der Waals surface area contributed by atoms with Gasteiger partial charge in [0.05, 0.1) is 13.2 Å². The summed E-state index contributed by atoms with van der Waals surface area (Å²) in [6.07, 6.45) is 3.26. The highest BCUT2D eigenvalue weighted by Crippen LogP contribution is 2.20. The molecule has 2 fully saturated rings. The number of hydrogen-bond donors (Lipinski definition) is 1. The van der Waals surface area contributed by atoms with Crippen molar-refractivity contribution in [2.24, 2.45) is 5.92 Å². The molecule has 2 aliphatic rings.